The first-order chi connectivity index (χ1) is 10.7. The van der Waals surface area contributed by atoms with Crippen molar-refractivity contribution in [3.63, 3.8) is 0 Å². The Labute approximate surface area is 128 Å². The van der Waals surface area contributed by atoms with Crippen molar-refractivity contribution in [3.8, 4) is 11.5 Å². The van der Waals surface area contributed by atoms with Gasteiger partial charge in [0.15, 0.2) is 11.5 Å². The Bertz CT molecular complexity index is 557. The van der Waals surface area contributed by atoms with Crippen LogP contribution in [0.1, 0.15) is 0 Å². The molecule has 2 aliphatic heterocycles. The molecule has 0 radical (unpaired) electrons. The van der Waals surface area contributed by atoms with Gasteiger partial charge in [0.05, 0.1) is 19.8 Å². The highest BCUT2D eigenvalue weighted by Gasteiger charge is 2.26. The fourth-order valence-corrected chi connectivity index (χ4v) is 2.36. The number of rotatable bonds is 2. The molecule has 1 aromatic carbocycles. The molecule has 7 heteroatoms. The Kier molecular flexibility index (Phi) is 4.43. The van der Waals surface area contributed by atoms with Gasteiger partial charge in [0.2, 0.25) is 0 Å². The number of carbonyl (C=O) groups is 2. The summed E-state index contributed by atoms with van der Waals surface area (Å²) in [5.41, 5.74) is 0. The number of carbonyl (C=O) groups excluding carboxylic acids is 2. The highest BCUT2D eigenvalue weighted by Crippen LogP contribution is 2.30. The molecule has 22 heavy (non-hydrogen) atoms. The number of hydrogen-bond donors (Lipinski definition) is 1. The molecule has 1 N–H and O–H groups in total. The van der Waals surface area contributed by atoms with Crippen molar-refractivity contribution in [1.29, 1.82) is 0 Å². The van der Waals surface area contributed by atoms with Crippen LogP contribution in [0.25, 0.3) is 0 Å². The lowest BCUT2D eigenvalue weighted by Crippen LogP contribution is -2.50. The van der Waals surface area contributed by atoms with Crippen LogP contribution in [0, 0.1) is 0 Å². The molecule has 3 rings (SSSR count). The van der Waals surface area contributed by atoms with E-state index in [1.54, 1.807) is 0 Å². The lowest BCUT2D eigenvalue weighted by Gasteiger charge is -2.28. The van der Waals surface area contributed by atoms with Crippen molar-refractivity contribution < 1.29 is 23.8 Å². The number of hydrogen-bond acceptors (Lipinski definition) is 5. The summed E-state index contributed by atoms with van der Waals surface area (Å²) in [6.07, 6.45) is -0.309. The maximum atomic E-state index is 12.0. The molecule has 7 nitrogen and oxygen atoms in total. The molecule has 0 aromatic heterocycles. The van der Waals surface area contributed by atoms with Gasteiger partial charge in [-0.25, -0.2) is 0 Å². The summed E-state index contributed by atoms with van der Waals surface area (Å²) in [5.74, 6) is 0.187. The van der Waals surface area contributed by atoms with E-state index in [1.807, 2.05) is 24.3 Å². The first-order valence-electron chi connectivity index (χ1n) is 7.27. The van der Waals surface area contributed by atoms with Crippen LogP contribution in [0.5, 0.6) is 11.5 Å². The molecular weight excluding hydrogens is 288 g/mol. The zero-order chi connectivity index (χ0) is 15.4. The standard InChI is InChI=1S/C15H18N2O5/c18-14(15(19)17-5-7-20-8-6-17)16-9-11-10-21-12-3-1-2-4-13(12)22-11/h1-4,11H,5-10H2,(H,16,18)/t11-/m0/s1. The second kappa shape index (κ2) is 6.65. The lowest BCUT2D eigenvalue weighted by atomic mass is 10.2. The zero-order valence-corrected chi connectivity index (χ0v) is 12.1. The SMILES string of the molecule is O=C(NC[C@H]1COc2ccccc2O1)C(=O)N1CCOCC1. The van der Waals surface area contributed by atoms with E-state index in [0.717, 1.165) is 0 Å². The molecule has 0 bridgehead atoms. The maximum absolute atomic E-state index is 12.0. The van der Waals surface area contributed by atoms with Crippen molar-refractivity contribution in [3.05, 3.63) is 24.3 Å². The fourth-order valence-electron chi connectivity index (χ4n) is 2.36. The molecule has 0 saturated carbocycles. The van der Waals surface area contributed by atoms with E-state index in [9.17, 15) is 9.59 Å². The summed E-state index contributed by atoms with van der Waals surface area (Å²) < 4.78 is 16.4. The van der Waals surface area contributed by atoms with Crippen molar-refractivity contribution in [2.45, 2.75) is 6.10 Å². The Morgan fingerprint density at radius 3 is 2.68 bits per heavy atom. The van der Waals surface area contributed by atoms with E-state index in [-0.39, 0.29) is 12.6 Å². The van der Waals surface area contributed by atoms with Crippen LogP contribution in [-0.4, -0.2) is 62.3 Å². The van der Waals surface area contributed by atoms with Crippen molar-refractivity contribution in [2.24, 2.45) is 0 Å². The van der Waals surface area contributed by atoms with Gasteiger partial charge < -0.3 is 24.4 Å². The average molecular weight is 306 g/mol. The van der Waals surface area contributed by atoms with Gasteiger partial charge in [-0.15, -0.1) is 0 Å². The van der Waals surface area contributed by atoms with Gasteiger partial charge in [-0.1, -0.05) is 12.1 Å². The predicted molar refractivity (Wildman–Crippen MR) is 76.8 cm³/mol. The minimum Gasteiger partial charge on any atom is -0.486 e. The Hall–Kier alpha value is -2.28. The summed E-state index contributed by atoms with van der Waals surface area (Å²) >= 11 is 0. The number of benzene rings is 1. The van der Waals surface area contributed by atoms with E-state index in [2.05, 4.69) is 5.32 Å². The van der Waals surface area contributed by atoms with Gasteiger partial charge in [0, 0.05) is 13.1 Å². The molecule has 2 aliphatic rings. The minimum atomic E-state index is -0.621. The number of ether oxygens (including phenoxy) is 3. The summed E-state index contributed by atoms with van der Waals surface area (Å²) in [7, 11) is 0. The fraction of sp³-hybridized carbons (Fsp3) is 0.467. The van der Waals surface area contributed by atoms with Crippen LogP contribution in [0.4, 0.5) is 0 Å². The molecular formula is C15H18N2O5. The highest BCUT2D eigenvalue weighted by molar-refractivity contribution is 6.35. The zero-order valence-electron chi connectivity index (χ0n) is 12.1. The molecule has 1 saturated heterocycles. The molecule has 2 heterocycles. The van der Waals surface area contributed by atoms with Crippen LogP contribution < -0.4 is 14.8 Å². The molecule has 0 spiro atoms. The molecule has 1 aromatic rings. The smallest absolute Gasteiger partial charge is 0.312 e. The van der Waals surface area contributed by atoms with Gasteiger partial charge in [-0.3, -0.25) is 9.59 Å². The van der Waals surface area contributed by atoms with Crippen LogP contribution in [-0.2, 0) is 14.3 Å². The van der Waals surface area contributed by atoms with E-state index in [0.29, 0.717) is 44.4 Å². The largest absolute Gasteiger partial charge is 0.486 e. The third-order valence-electron chi connectivity index (χ3n) is 3.55. The first kappa shape index (κ1) is 14.6. The summed E-state index contributed by atoms with van der Waals surface area (Å²) in [4.78, 5) is 25.3. The molecule has 2 amide bonds. The number of amides is 2. The van der Waals surface area contributed by atoms with Gasteiger partial charge in [0.1, 0.15) is 12.7 Å². The number of fused-ring (bicyclic) bond motifs is 1. The predicted octanol–water partition coefficient (Wildman–Crippen LogP) is -0.199. The molecule has 0 unspecified atom stereocenters. The second-order valence-corrected chi connectivity index (χ2v) is 5.11. The maximum Gasteiger partial charge on any atom is 0.312 e. The van der Waals surface area contributed by atoms with Gasteiger partial charge >= 0.3 is 11.8 Å². The molecule has 1 atom stereocenters. The highest BCUT2D eigenvalue weighted by atomic mass is 16.6. The van der Waals surface area contributed by atoms with Crippen molar-refractivity contribution >= 4 is 11.8 Å². The van der Waals surface area contributed by atoms with E-state index < -0.39 is 11.8 Å². The topological polar surface area (TPSA) is 77.1 Å². The number of para-hydroxylation sites is 2. The summed E-state index contributed by atoms with van der Waals surface area (Å²) in [6.45, 7) is 2.39. The Balaban J connectivity index is 1.48. The second-order valence-electron chi connectivity index (χ2n) is 5.11. The number of nitrogens with one attached hydrogen (secondary N) is 1. The minimum absolute atomic E-state index is 0.225. The van der Waals surface area contributed by atoms with Crippen LogP contribution in [0.2, 0.25) is 0 Å². The van der Waals surface area contributed by atoms with Gasteiger partial charge in [-0.05, 0) is 12.1 Å². The molecule has 1 fully saturated rings. The number of nitrogens with zero attached hydrogens (tertiary/aromatic N) is 1. The van der Waals surface area contributed by atoms with Crippen LogP contribution in [0.3, 0.4) is 0 Å². The van der Waals surface area contributed by atoms with Gasteiger partial charge in [0.25, 0.3) is 0 Å². The van der Waals surface area contributed by atoms with Crippen LogP contribution in [0.15, 0.2) is 24.3 Å². The van der Waals surface area contributed by atoms with Gasteiger partial charge in [-0.2, -0.15) is 0 Å². The summed E-state index contributed by atoms with van der Waals surface area (Å²) in [6, 6.07) is 7.35. The van der Waals surface area contributed by atoms with E-state index in [4.69, 9.17) is 14.2 Å². The van der Waals surface area contributed by atoms with Crippen molar-refractivity contribution in [1.82, 2.24) is 10.2 Å². The lowest BCUT2D eigenvalue weighted by molar-refractivity contribution is -0.148. The van der Waals surface area contributed by atoms with Crippen molar-refractivity contribution in [2.75, 3.05) is 39.5 Å². The first-order valence-corrected chi connectivity index (χ1v) is 7.27. The molecule has 0 aliphatic carbocycles. The summed E-state index contributed by atoms with van der Waals surface area (Å²) in [5, 5.41) is 2.60. The number of morpholine rings is 1. The Morgan fingerprint density at radius 2 is 1.91 bits per heavy atom. The average Bonchev–Trinajstić information content (AvgIpc) is 2.59. The monoisotopic (exact) mass is 306 g/mol. The quantitative estimate of drug-likeness (QED) is 0.766. The third kappa shape index (κ3) is 3.30. The van der Waals surface area contributed by atoms with E-state index in [1.165, 1.54) is 4.90 Å². The Morgan fingerprint density at radius 1 is 1.18 bits per heavy atom. The van der Waals surface area contributed by atoms with E-state index >= 15 is 0 Å². The molecule has 118 valence electrons. The normalized spacial score (nSPS) is 20.4. The van der Waals surface area contributed by atoms with Crippen LogP contribution >= 0.6 is 0 Å². The third-order valence-corrected chi connectivity index (χ3v) is 3.55.